The molecule has 0 atom stereocenters. The van der Waals surface area contributed by atoms with Crippen LogP contribution in [0.4, 0.5) is 15.9 Å². The second-order valence-electron chi connectivity index (χ2n) is 4.10. The molecule has 0 aliphatic carbocycles. The van der Waals surface area contributed by atoms with Crippen molar-refractivity contribution < 1.29 is 9.18 Å². The fourth-order valence-corrected chi connectivity index (χ4v) is 1.79. The van der Waals surface area contributed by atoms with Crippen molar-refractivity contribution in [3.63, 3.8) is 0 Å². The van der Waals surface area contributed by atoms with E-state index in [1.807, 2.05) is 0 Å². The van der Waals surface area contributed by atoms with E-state index in [-0.39, 0.29) is 10.7 Å². The number of nitrogens with one attached hydrogen (secondary N) is 1. The van der Waals surface area contributed by atoms with Crippen LogP contribution in [-0.2, 0) is 6.54 Å². The highest BCUT2D eigenvalue weighted by Gasteiger charge is 2.07. The molecule has 5 N–H and O–H groups in total. The fraction of sp³-hybridized carbons (Fsp3) is 0.0769. The smallest absolute Gasteiger partial charge is 0.267 e. The van der Waals surface area contributed by atoms with Gasteiger partial charge in [0.15, 0.2) is 0 Å². The SMILES string of the molecule is NC(=O)c1ccc(N)c(NCc2ccc(F)c(Cl)c2)n1. The normalized spacial score (nSPS) is 10.3. The summed E-state index contributed by atoms with van der Waals surface area (Å²) in [6, 6.07) is 7.33. The Morgan fingerprint density at radius 3 is 2.75 bits per heavy atom. The zero-order valence-electron chi connectivity index (χ0n) is 10.4. The molecule has 2 rings (SSSR count). The molecule has 1 aromatic carbocycles. The topological polar surface area (TPSA) is 94.0 Å². The van der Waals surface area contributed by atoms with Crippen molar-refractivity contribution in [3.8, 4) is 0 Å². The first-order valence-corrected chi connectivity index (χ1v) is 6.09. The molecule has 20 heavy (non-hydrogen) atoms. The predicted octanol–water partition coefficient (Wildman–Crippen LogP) is 2.17. The van der Waals surface area contributed by atoms with Crippen molar-refractivity contribution in [2.45, 2.75) is 6.54 Å². The average molecular weight is 295 g/mol. The van der Waals surface area contributed by atoms with E-state index >= 15 is 0 Å². The number of pyridine rings is 1. The largest absolute Gasteiger partial charge is 0.396 e. The lowest BCUT2D eigenvalue weighted by Crippen LogP contribution is -2.15. The second-order valence-corrected chi connectivity index (χ2v) is 4.51. The third-order valence-electron chi connectivity index (χ3n) is 2.62. The van der Waals surface area contributed by atoms with Crippen molar-refractivity contribution in [1.29, 1.82) is 0 Å². The number of carbonyl (C=O) groups is 1. The molecule has 5 nitrogen and oxygen atoms in total. The quantitative estimate of drug-likeness (QED) is 0.805. The van der Waals surface area contributed by atoms with E-state index in [0.717, 1.165) is 5.56 Å². The summed E-state index contributed by atoms with van der Waals surface area (Å²) in [5, 5.41) is 2.98. The van der Waals surface area contributed by atoms with E-state index in [0.29, 0.717) is 18.1 Å². The maximum absolute atomic E-state index is 13.0. The van der Waals surface area contributed by atoms with Gasteiger partial charge in [-0.1, -0.05) is 17.7 Å². The standard InChI is InChI=1S/C13H12ClFN4O/c14-8-5-7(1-2-9(8)15)6-18-13-10(16)3-4-11(19-13)12(17)20/h1-5H,6,16H2,(H2,17,20)(H,18,19). The highest BCUT2D eigenvalue weighted by molar-refractivity contribution is 6.30. The molecule has 0 radical (unpaired) electrons. The first kappa shape index (κ1) is 14.1. The molecule has 0 spiro atoms. The molecule has 7 heteroatoms. The summed E-state index contributed by atoms with van der Waals surface area (Å²) in [7, 11) is 0. The second kappa shape index (κ2) is 5.75. The Morgan fingerprint density at radius 2 is 2.10 bits per heavy atom. The Kier molecular flexibility index (Phi) is 4.05. The van der Waals surface area contributed by atoms with Gasteiger partial charge in [-0.2, -0.15) is 0 Å². The number of nitrogens with zero attached hydrogens (tertiary/aromatic N) is 1. The van der Waals surface area contributed by atoms with E-state index < -0.39 is 11.7 Å². The van der Waals surface area contributed by atoms with Crippen LogP contribution in [0.3, 0.4) is 0 Å². The molecule has 1 heterocycles. The van der Waals surface area contributed by atoms with E-state index in [2.05, 4.69) is 10.3 Å². The average Bonchev–Trinajstić information content (AvgIpc) is 2.41. The van der Waals surface area contributed by atoms with Crippen LogP contribution in [0, 0.1) is 5.82 Å². The van der Waals surface area contributed by atoms with Crippen LogP contribution in [0.5, 0.6) is 0 Å². The number of nitrogens with two attached hydrogens (primary N) is 2. The summed E-state index contributed by atoms with van der Waals surface area (Å²) in [5.41, 5.74) is 12.1. The van der Waals surface area contributed by atoms with E-state index in [1.54, 1.807) is 6.07 Å². The maximum atomic E-state index is 13.0. The number of hydrogen-bond acceptors (Lipinski definition) is 4. The van der Waals surface area contributed by atoms with Gasteiger partial charge in [0.05, 0.1) is 10.7 Å². The molecule has 1 amide bonds. The van der Waals surface area contributed by atoms with Gasteiger partial charge in [0.1, 0.15) is 17.3 Å². The van der Waals surface area contributed by atoms with Crippen LogP contribution in [0.25, 0.3) is 0 Å². The monoisotopic (exact) mass is 294 g/mol. The van der Waals surface area contributed by atoms with Crippen LogP contribution in [0.15, 0.2) is 30.3 Å². The Morgan fingerprint density at radius 1 is 1.35 bits per heavy atom. The number of halogens is 2. The molecule has 0 unspecified atom stereocenters. The Bertz CT molecular complexity index is 663. The number of aromatic nitrogens is 1. The third-order valence-corrected chi connectivity index (χ3v) is 2.91. The fourth-order valence-electron chi connectivity index (χ4n) is 1.58. The summed E-state index contributed by atoms with van der Waals surface area (Å²) in [5.74, 6) is -0.789. The van der Waals surface area contributed by atoms with Gasteiger partial charge in [-0.05, 0) is 29.8 Å². The minimum atomic E-state index is -0.641. The Hall–Kier alpha value is -2.34. The number of primary amides is 1. The highest BCUT2D eigenvalue weighted by atomic mass is 35.5. The lowest BCUT2D eigenvalue weighted by Gasteiger charge is -2.09. The maximum Gasteiger partial charge on any atom is 0.267 e. The Balaban J connectivity index is 2.15. The molecule has 2 aromatic rings. The number of hydrogen-bond donors (Lipinski definition) is 3. The summed E-state index contributed by atoms with van der Waals surface area (Å²) in [6.45, 7) is 0.333. The van der Waals surface area contributed by atoms with Crippen LogP contribution >= 0.6 is 11.6 Å². The number of nitrogen functional groups attached to an aromatic ring is 1. The van der Waals surface area contributed by atoms with Crippen LogP contribution in [0.2, 0.25) is 5.02 Å². The van der Waals surface area contributed by atoms with Crippen molar-refractivity contribution in [3.05, 3.63) is 52.4 Å². The van der Waals surface area contributed by atoms with Gasteiger partial charge >= 0.3 is 0 Å². The summed E-state index contributed by atoms with van der Waals surface area (Å²) < 4.78 is 13.0. The van der Waals surface area contributed by atoms with Gasteiger partial charge in [0.2, 0.25) is 0 Å². The number of carbonyl (C=O) groups excluding carboxylic acids is 1. The molecule has 0 saturated heterocycles. The molecule has 1 aromatic heterocycles. The minimum absolute atomic E-state index is 0.0381. The van der Waals surface area contributed by atoms with Crippen LogP contribution in [-0.4, -0.2) is 10.9 Å². The minimum Gasteiger partial charge on any atom is -0.396 e. The first-order valence-electron chi connectivity index (χ1n) is 5.71. The van der Waals surface area contributed by atoms with Gasteiger partial charge in [-0.25, -0.2) is 9.37 Å². The summed E-state index contributed by atoms with van der Waals surface area (Å²) >= 11 is 5.69. The van der Waals surface area contributed by atoms with Crippen molar-refractivity contribution in [2.75, 3.05) is 11.1 Å². The molecule has 104 valence electrons. The zero-order valence-corrected chi connectivity index (χ0v) is 11.1. The van der Waals surface area contributed by atoms with E-state index in [9.17, 15) is 9.18 Å². The van der Waals surface area contributed by atoms with Crippen molar-refractivity contribution >= 4 is 29.0 Å². The van der Waals surface area contributed by atoms with Gasteiger partial charge in [0.25, 0.3) is 5.91 Å². The van der Waals surface area contributed by atoms with Crippen LogP contribution < -0.4 is 16.8 Å². The molecule has 0 fully saturated rings. The Labute approximate surface area is 119 Å². The number of benzene rings is 1. The molecule has 0 bridgehead atoms. The molecular formula is C13H12ClFN4O. The van der Waals surface area contributed by atoms with Gasteiger partial charge in [-0.15, -0.1) is 0 Å². The third kappa shape index (κ3) is 3.16. The van der Waals surface area contributed by atoms with Crippen LogP contribution in [0.1, 0.15) is 16.1 Å². The van der Waals surface area contributed by atoms with E-state index in [4.69, 9.17) is 23.1 Å². The van der Waals surface area contributed by atoms with Gasteiger partial charge in [-0.3, -0.25) is 4.79 Å². The van der Waals surface area contributed by atoms with Gasteiger partial charge in [0, 0.05) is 6.54 Å². The first-order chi connectivity index (χ1) is 9.47. The van der Waals surface area contributed by atoms with Gasteiger partial charge < -0.3 is 16.8 Å². The summed E-state index contributed by atoms with van der Waals surface area (Å²) in [6.07, 6.45) is 0. The lowest BCUT2D eigenvalue weighted by molar-refractivity contribution is 0.0996. The molecule has 0 saturated carbocycles. The predicted molar refractivity (Wildman–Crippen MR) is 75.9 cm³/mol. The van der Waals surface area contributed by atoms with Crippen molar-refractivity contribution in [2.24, 2.45) is 5.73 Å². The molecule has 0 aliphatic heterocycles. The van der Waals surface area contributed by atoms with E-state index in [1.165, 1.54) is 24.3 Å². The summed E-state index contributed by atoms with van der Waals surface area (Å²) in [4.78, 5) is 15.1. The number of rotatable bonds is 4. The zero-order chi connectivity index (χ0) is 14.7. The van der Waals surface area contributed by atoms with Crippen molar-refractivity contribution in [1.82, 2.24) is 4.98 Å². The molecular weight excluding hydrogens is 283 g/mol. The highest BCUT2D eigenvalue weighted by Crippen LogP contribution is 2.19. The number of amides is 1. The number of anilines is 2. The molecule has 0 aliphatic rings. The lowest BCUT2D eigenvalue weighted by atomic mass is 10.2.